The van der Waals surface area contributed by atoms with E-state index in [1.54, 1.807) is 25.1 Å². The fraction of sp³-hybridized carbons (Fsp3) is 0.440. The summed E-state index contributed by atoms with van der Waals surface area (Å²) in [5, 5.41) is 3.04. The maximum absolute atomic E-state index is 14.3. The van der Waals surface area contributed by atoms with Crippen molar-refractivity contribution in [2.45, 2.75) is 65.1 Å². The Bertz CT molecular complexity index is 925. The first kappa shape index (κ1) is 22.8. The van der Waals surface area contributed by atoms with Gasteiger partial charge in [0.05, 0.1) is 0 Å². The number of amides is 2. The Morgan fingerprint density at radius 1 is 1.16 bits per heavy atom. The molecule has 5 nitrogen and oxygen atoms in total. The van der Waals surface area contributed by atoms with Gasteiger partial charge < -0.3 is 15.0 Å². The summed E-state index contributed by atoms with van der Waals surface area (Å²) in [6.07, 6.45) is 4.10. The van der Waals surface area contributed by atoms with Gasteiger partial charge in [-0.1, -0.05) is 48.7 Å². The van der Waals surface area contributed by atoms with Gasteiger partial charge in [-0.3, -0.25) is 9.59 Å². The van der Waals surface area contributed by atoms with Gasteiger partial charge >= 0.3 is 0 Å². The molecule has 2 aromatic carbocycles. The van der Waals surface area contributed by atoms with Crippen LogP contribution >= 0.6 is 0 Å². The third-order valence-corrected chi connectivity index (χ3v) is 5.85. The first-order chi connectivity index (χ1) is 14.8. The van der Waals surface area contributed by atoms with Crippen molar-refractivity contribution < 1.29 is 18.7 Å². The first-order valence-electron chi connectivity index (χ1n) is 10.9. The predicted molar refractivity (Wildman–Crippen MR) is 118 cm³/mol. The zero-order valence-electron chi connectivity index (χ0n) is 18.5. The number of benzene rings is 2. The lowest BCUT2D eigenvalue weighted by Crippen LogP contribution is -2.50. The normalized spacial score (nSPS) is 14.8. The monoisotopic (exact) mass is 426 g/mol. The number of rotatable bonds is 8. The van der Waals surface area contributed by atoms with Crippen molar-refractivity contribution in [2.75, 3.05) is 6.61 Å². The van der Waals surface area contributed by atoms with Crippen LogP contribution in [0.25, 0.3) is 0 Å². The van der Waals surface area contributed by atoms with Gasteiger partial charge in [0.1, 0.15) is 17.6 Å². The minimum atomic E-state index is -0.740. The van der Waals surface area contributed by atoms with Gasteiger partial charge in [0.25, 0.3) is 5.91 Å². The summed E-state index contributed by atoms with van der Waals surface area (Å²) in [7, 11) is 0. The van der Waals surface area contributed by atoms with Crippen molar-refractivity contribution in [2.24, 2.45) is 0 Å². The Balaban J connectivity index is 1.74. The van der Waals surface area contributed by atoms with E-state index in [1.165, 1.54) is 11.0 Å². The van der Waals surface area contributed by atoms with Crippen LogP contribution < -0.4 is 10.1 Å². The average Bonchev–Trinajstić information content (AvgIpc) is 3.25. The summed E-state index contributed by atoms with van der Waals surface area (Å²) >= 11 is 0. The standard InChI is InChI=1S/C25H31FN2O3/c1-17-12-13-23(18(2)14-17)31-16-24(29)28(15-20-8-4-7-11-22(20)26)19(3)25(30)27-21-9-5-6-10-21/h4,7-8,11-14,19,21H,5-6,9-10,15-16H2,1-3H3,(H,27,30)/t19-/m0/s1. The van der Waals surface area contributed by atoms with E-state index in [9.17, 15) is 14.0 Å². The molecule has 31 heavy (non-hydrogen) atoms. The second-order valence-corrected chi connectivity index (χ2v) is 8.34. The molecule has 0 unspecified atom stereocenters. The highest BCUT2D eigenvalue weighted by Crippen LogP contribution is 2.21. The van der Waals surface area contributed by atoms with Crippen molar-refractivity contribution in [1.82, 2.24) is 10.2 Å². The first-order valence-corrected chi connectivity index (χ1v) is 10.9. The van der Waals surface area contributed by atoms with E-state index in [0.717, 1.165) is 36.8 Å². The molecule has 1 fully saturated rings. The number of halogens is 1. The molecule has 6 heteroatoms. The summed E-state index contributed by atoms with van der Waals surface area (Å²) in [5.41, 5.74) is 2.40. The topological polar surface area (TPSA) is 58.6 Å². The molecule has 3 rings (SSSR count). The van der Waals surface area contributed by atoms with Crippen molar-refractivity contribution in [3.05, 3.63) is 65.0 Å². The van der Waals surface area contributed by atoms with E-state index in [0.29, 0.717) is 11.3 Å². The predicted octanol–water partition coefficient (Wildman–Crippen LogP) is 4.30. The molecule has 1 aliphatic rings. The molecule has 1 saturated carbocycles. The van der Waals surface area contributed by atoms with Crippen LogP contribution in [0, 0.1) is 19.7 Å². The molecule has 2 amide bonds. The van der Waals surface area contributed by atoms with E-state index >= 15 is 0 Å². The molecule has 0 bridgehead atoms. The van der Waals surface area contributed by atoms with Crippen LogP contribution in [0.1, 0.15) is 49.3 Å². The zero-order valence-corrected chi connectivity index (χ0v) is 18.5. The third-order valence-electron chi connectivity index (χ3n) is 5.85. The van der Waals surface area contributed by atoms with E-state index in [-0.39, 0.29) is 31.0 Å². The van der Waals surface area contributed by atoms with Crippen LogP contribution in [-0.4, -0.2) is 35.4 Å². The number of carbonyl (C=O) groups is 2. The van der Waals surface area contributed by atoms with Gasteiger partial charge in [-0.15, -0.1) is 0 Å². The van der Waals surface area contributed by atoms with Crippen LogP contribution in [-0.2, 0) is 16.1 Å². The molecule has 1 N–H and O–H groups in total. The van der Waals surface area contributed by atoms with Crippen molar-refractivity contribution in [3.63, 3.8) is 0 Å². The highest BCUT2D eigenvalue weighted by atomic mass is 19.1. The lowest BCUT2D eigenvalue weighted by molar-refractivity contribution is -0.142. The van der Waals surface area contributed by atoms with Crippen LogP contribution in [0.3, 0.4) is 0 Å². The fourth-order valence-corrected chi connectivity index (χ4v) is 3.97. The Morgan fingerprint density at radius 3 is 2.55 bits per heavy atom. The molecule has 0 radical (unpaired) electrons. The van der Waals surface area contributed by atoms with E-state index < -0.39 is 11.9 Å². The molecule has 0 aliphatic heterocycles. The van der Waals surface area contributed by atoms with Crippen LogP contribution in [0.4, 0.5) is 4.39 Å². The minimum absolute atomic E-state index is 0.000992. The molecule has 1 atom stereocenters. The summed E-state index contributed by atoms with van der Waals surface area (Å²) in [6, 6.07) is 11.4. The second kappa shape index (κ2) is 10.4. The smallest absolute Gasteiger partial charge is 0.261 e. The zero-order chi connectivity index (χ0) is 22.4. The van der Waals surface area contributed by atoms with Gasteiger partial charge in [0, 0.05) is 18.2 Å². The fourth-order valence-electron chi connectivity index (χ4n) is 3.97. The molecule has 0 aromatic heterocycles. The number of nitrogens with one attached hydrogen (secondary N) is 1. The molecule has 1 aliphatic carbocycles. The van der Waals surface area contributed by atoms with Crippen LogP contribution in [0.15, 0.2) is 42.5 Å². The molecule has 0 heterocycles. The summed E-state index contributed by atoms with van der Waals surface area (Å²) in [5.74, 6) is -0.368. The summed E-state index contributed by atoms with van der Waals surface area (Å²) in [4.78, 5) is 27.3. The Hall–Kier alpha value is -2.89. The maximum Gasteiger partial charge on any atom is 0.261 e. The lowest BCUT2D eigenvalue weighted by Gasteiger charge is -2.30. The molecular weight excluding hydrogens is 395 g/mol. The van der Waals surface area contributed by atoms with Crippen molar-refractivity contribution in [3.8, 4) is 5.75 Å². The number of hydrogen-bond acceptors (Lipinski definition) is 3. The van der Waals surface area contributed by atoms with Gasteiger partial charge in [-0.25, -0.2) is 4.39 Å². The Labute approximate surface area is 183 Å². The Morgan fingerprint density at radius 2 is 1.87 bits per heavy atom. The SMILES string of the molecule is Cc1ccc(OCC(=O)N(Cc2ccccc2F)[C@@H](C)C(=O)NC2CCCC2)c(C)c1. The van der Waals surface area contributed by atoms with Gasteiger partial charge in [-0.2, -0.15) is 0 Å². The number of carbonyl (C=O) groups excluding carboxylic acids is 2. The molecule has 0 spiro atoms. The summed E-state index contributed by atoms with van der Waals surface area (Å²) in [6.45, 7) is 5.37. The highest BCUT2D eigenvalue weighted by molar-refractivity contribution is 5.88. The number of ether oxygens (including phenoxy) is 1. The van der Waals surface area contributed by atoms with Gasteiger partial charge in [0.15, 0.2) is 6.61 Å². The largest absolute Gasteiger partial charge is 0.483 e. The van der Waals surface area contributed by atoms with Crippen LogP contribution in [0.5, 0.6) is 5.75 Å². The third kappa shape index (κ3) is 6.06. The molecule has 2 aromatic rings. The number of nitrogens with zero attached hydrogens (tertiary/aromatic N) is 1. The van der Waals surface area contributed by atoms with Crippen LogP contribution in [0.2, 0.25) is 0 Å². The van der Waals surface area contributed by atoms with Gasteiger partial charge in [-0.05, 0) is 51.3 Å². The Kier molecular flexibility index (Phi) is 7.66. The molecule has 0 saturated heterocycles. The molecule has 166 valence electrons. The quantitative estimate of drug-likeness (QED) is 0.685. The minimum Gasteiger partial charge on any atom is -0.483 e. The summed E-state index contributed by atoms with van der Waals surface area (Å²) < 4.78 is 20.0. The van der Waals surface area contributed by atoms with Crippen molar-refractivity contribution in [1.29, 1.82) is 0 Å². The number of hydrogen-bond donors (Lipinski definition) is 1. The van der Waals surface area contributed by atoms with Gasteiger partial charge in [0.2, 0.25) is 5.91 Å². The van der Waals surface area contributed by atoms with E-state index in [2.05, 4.69) is 5.32 Å². The lowest BCUT2D eigenvalue weighted by atomic mass is 10.1. The second-order valence-electron chi connectivity index (χ2n) is 8.34. The molecular formula is C25H31FN2O3. The van der Waals surface area contributed by atoms with E-state index in [4.69, 9.17) is 4.74 Å². The average molecular weight is 427 g/mol. The maximum atomic E-state index is 14.3. The van der Waals surface area contributed by atoms with Crippen molar-refractivity contribution >= 4 is 11.8 Å². The highest BCUT2D eigenvalue weighted by Gasteiger charge is 2.29. The van der Waals surface area contributed by atoms with E-state index in [1.807, 2.05) is 32.0 Å². The number of aryl methyl sites for hydroxylation is 2.